The summed E-state index contributed by atoms with van der Waals surface area (Å²) in [5.74, 6) is 0. The Morgan fingerprint density at radius 1 is 1.24 bits per heavy atom. The Kier molecular flexibility index (Phi) is 6.45. The molecule has 1 N–H and O–H groups in total. The minimum absolute atomic E-state index is 0.310. The number of likely N-dealkylation sites (N-methyl/N-ethyl adjacent to an activating group) is 1. The molecule has 0 radical (unpaired) electrons. The molecule has 1 unspecified atom stereocenters. The fourth-order valence-electron chi connectivity index (χ4n) is 3.05. The lowest BCUT2D eigenvalue weighted by Crippen LogP contribution is -2.59. The van der Waals surface area contributed by atoms with Gasteiger partial charge in [-0.15, -0.1) is 0 Å². The Balaban J connectivity index is 2.68. The van der Waals surface area contributed by atoms with E-state index in [1.54, 1.807) is 0 Å². The molecule has 0 heterocycles. The highest BCUT2D eigenvalue weighted by molar-refractivity contribution is 5.02. The van der Waals surface area contributed by atoms with E-state index in [0.29, 0.717) is 11.6 Å². The molecule has 1 rings (SSSR count). The maximum absolute atomic E-state index is 5.69. The molecular formula is C14H30N2O. The Morgan fingerprint density at radius 3 is 2.35 bits per heavy atom. The first-order chi connectivity index (χ1) is 8.17. The van der Waals surface area contributed by atoms with Crippen LogP contribution in [0.15, 0.2) is 0 Å². The molecule has 0 aromatic heterocycles. The van der Waals surface area contributed by atoms with E-state index in [2.05, 4.69) is 38.2 Å². The second-order valence-corrected chi connectivity index (χ2v) is 5.37. The molecule has 17 heavy (non-hydrogen) atoms. The fourth-order valence-corrected chi connectivity index (χ4v) is 3.05. The van der Waals surface area contributed by atoms with Crippen LogP contribution in [0.2, 0.25) is 0 Å². The molecule has 0 aromatic rings. The monoisotopic (exact) mass is 242 g/mol. The average molecular weight is 242 g/mol. The van der Waals surface area contributed by atoms with Crippen LogP contribution in [0.1, 0.15) is 46.0 Å². The number of hydrogen-bond acceptors (Lipinski definition) is 3. The van der Waals surface area contributed by atoms with Crippen LogP contribution >= 0.6 is 0 Å². The summed E-state index contributed by atoms with van der Waals surface area (Å²) in [6, 6.07) is 0.472. The molecule has 1 aliphatic rings. The molecule has 0 saturated heterocycles. The summed E-state index contributed by atoms with van der Waals surface area (Å²) in [6.07, 6.45) is 6.50. The average Bonchev–Trinajstić information content (AvgIpc) is 2.79. The van der Waals surface area contributed by atoms with E-state index in [0.717, 1.165) is 19.8 Å². The summed E-state index contributed by atoms with van der Waals surface area (Å²) >= 11 is 0. The van der Waals surface area contributed by atoms with Gasteiger partial charge in [0.1, 0.15) is 0 Å². The molecule has 0 bridgehead atoms. The van der Waals surface area contributed by atoms with Gasteiger partial charge in [-0.1, -0.05) is 19.8 Å². The maximum Gasteiger partial charge on any atom is 0.0637 e. The molecule has 3 nitrogen and oxygen atoms in total. The Hall–Kier alpha value is -0.120. The number of ether oxygens (including phenoxy) is 1. The van der Waals surface area contributed by atoms with Crippen molar-refractivity contribution in [2.45, 2.75) is 57.5 Å². The highest BCUT2D eigenvalue weighted by atomic mass is 16.5. The maximum atomic E-state index is 5.69. The van der Waals surface area contributed by atoms with Crippen molar-refractivity contribution in [2.75, 3.05) is 33.9 Å². The second kappa shape index (κ2) is 7.34. The van der Waals surface area contributed by atoms with Crippen LogP contribution in [0, 0.1) is 0 Å². The summed E-state index contributed by atoms with van der Waals surface area (Å²) < 4.78 is 5.69. The van der Waals surface area contributed by atoms with Crippen molar-refractivity contribution in [2.24, 2.45) is 0 Å². The largest absolute Gasteiger partial charge is 0.380 e. The standard InChI is InChI=1S/C14H30N2O/c1-5-11-15-13(12-17-6-2)14(16(3)4)9-7-8-10-14/h13,15H,5-12H2,1-4H3. The van der Waals surface area contributed by atoms with Crippen LogP contribution in [0.3, 0.4) is 0 Å². The quantitative estimate of drug-likeness (QED) is 0.706. The van der Waals surface area contributed by atoms with E-state index in [-0.39, 0.29) is 0 Å². The van der Waals surface area contributed by atoms with Gasteiger partial charge in [-0.2, -0.15) is 0 Å². The molecule has 102 valence electrons. The number of hydrogen-bond donors (Lipinski definition) is 1. The molecule has 1 aliphatic carbocycles. The van der Waals surface area contributed by atoms with Gasteiger partial charge in [0.25, 0.3) is 0 Å². The smallest absolute Gasteiger partial charge is 0.0637 e. The van der Waals surface area contributed by atoms with Gasteiger partial charge in [-0.05, 0) is 46.8 Å². The molecule has 0 spiro atoms. The first-order valence-corrected chi connectivity index (χ1v) is 7.16. The third kappa shape index (κ3) is 3.67. The van der Waals surface area contributed by atoms with E-state index < -0.39 is 0 Å². The predicted molar refractivity (Wildman–Crippen MR) is 73.5 cm³/mol. The Labute approximate surface area is 107 Å². The zero-order chi connectivity index (χ0) is 12.7. The molecule has 1 atom stereocenters. The summed E-state index contributed by atoms with van der Waals surface area (Å²) in [7, 11) is 4.44. The van der Waals surface area contributed by atoms with Crippen molar-refractivity contribution < 1.29 is 4.74 Å². The van der Waals surface area contributed by atoms with Gasteiger partial charge < -0.3 is 15.0 Å². The van der Waals surface area contributed by atoms with Gasteiger partial charge in [0.15, 0.2) is 0 Å². The Bertz CT molecular complexity index is 192. The van der Waals surface area contributed by atoms with E-state index in [4.69, 9.17) is 4.74 Å². The Morgan fingerprint density at radius 2 is 1.88 bits per heavy atom. The lowest BCUT2D eigenvalue weighted by molar-refractivity contribution is 0.0370. The van der Waals surface area contributed by atoms with Crippen molar-refractivity contribution in [3.05, 3.63) is 0 Å². The SMILES string of the molecule is CCCNC(COCC)C1(N(C)C)CCCC1. The number of nitrogens with one attached hydrogen (secondary N) is 1. The molecular weight excluding hydrogens is 212 g/mol. The zero-order valence-corrected chi connectivity index (χ0v) is 12.1. The third-order valence-corrected chi connectivity index (χ3v) is 4.14. The predicted octanol–water partition coefficient (Wildman–Crippen LogP) is 2.27. The minimum atomic E-state index is 0.310. The molecule has 3 heteroatoms. The normalized spacial score (nSPS) is 21.0. The van der Waals surface area contributed by atoms with Gasteiger partial charge in [0.05, 0.1) is 6.61 Å². The van der Waals surface area contributed by atoms with Gasteiger partial charge in [0.2, 0.25) is 0 Å². The fraction of sp³-hybridized carbons (Fsp3) is 1.00. The topological polar surface area (TPSA) is 24.5 Å². The van der Waals surface area contributed by atoms with Gasteiger partial charge in [-0.25, -0.2) is 0 Å². The van der Waals surface area contributed by atoms with Crippen LogP contribution in [0.25, 0.3) is 0 Å². The summed E-state index contributed by atoms with van der Waals surface area (Å²) in [4.78, 5) is 2.42. The van der Waals surface area contributed by atoms with Crippen LogP contribution in [0.5, 0.6) is 0 Å². The second-order valence-electron chi connectivity index (χ2n) is 5.37. The third-order valence-electron chi connectivity index (χ3n) is 4.14. The first kappa shape index (κ1) is 14.9. The lowest BCUT2D eigenvalue weighted by atomic mass is 9.87. The van der Waals surface area contributed by atoms with E-state index in [1.165, 1.54) is 32.1 Å². The van der Waals surface area contributed by atoms with Crippen molar-refractivity contribution in [3.63, 3.8) is 0 Å². The van der Waals surface area contributed by atoms with Crippen LogP contribution in [-0.2, 0) is 4.74 Å². The summed E-state index contributed by atoms with van der Waals surface area (Å²) in [5.41, 5.74) is 0.310. The minimum Gasteiger partial charge on any atom is -0.380 e. The van der Waals surface area contributed by atoms with E-state index in [9.17, 15) is 0 Å². The summed E-state index contributed by atoms with van der Waals surface area (Å²) in [5, 5.41) is 3.70. The van der Waals surface area contributed by atoms with Crippen LogP contribution in [-0.4, -0.2) is 50.3 Å². The zero-order valence-electron chi connectivity index (χ0n) is 12.1. The summed E-state index contributed by atoms with van der Waals surface area (Å²) in [6.45, 7) is 7.05. The van der Waals surface area contributed by atoms with Crippen molar-refractivity contribution >= 4 is 0 Å². The van der Waals surface area contributed by atoms with Crippen LogP contribution in [0.4, 0.5) is 0 Å². The molecule has 0 amide bonds. The first-order valence-electron chi connectivity index (χ1n) is 7.16. The number of nitrogens with zero attached hydrogens (tertiary/aromatic N) is 1. The van der Waals surface area contributed by atoms with Gasteiger partial charge in [0, 0.05) is 18.2 Å². The lowest BCUT2D eigenvalue weighted by Gasteiger charge is -2.43. The van der Waals surface area contributed by atoms with Crippen molar-refractivity contribution in [3.8, 4) is 0 Å². The van der Waals surface area contributed by atoms with Crippen LogP contribution < -0.4 is 5.32 Å². The van der Waals surface area contributed by atoms with E-state index in [1.807, 2.05) is 0 Å². The molecule has 1 fully saturated rings. The highest BCUT2D eigenvalue weighted by Crippen LogP contribution is 2.36. The van der Waals surface area contributed by atoms with Crippen molar-refractivity contribution in [1.29, 1.82) is 0 Å². The molecule has 0 aromatic carbocycles. The van der Waals surface area contributed by atoms with Crippen molar-refractivity contribution in [1.82, 2.24) is 10.2 Å². The van der Waals surface area contributed by atoms with Gasteiger partial charge >= 0.3 is 0 Å². The highest BCUT2D eigenvalue weighted by Gasteiger charge is 2.42. The number of rotatable bonds is 8. The molecule has 1 saturated carbocycles. The molecule has 0 aliphatic heterocycles. The van der Waals surface area contributed by atoms with Gasteiger partial charge in [-0.3, -0.25) is 0 Å². The van der Waals surface area contributed by atoms with E-state index >= 15 is 0 Å².